The topological polar surface area (TPSA) is 42.0 Å². The molecule has 2 rings (SSSR count). The highest BCUT2D eigenvalue weighted by Gasteiger charge is 2.11. The largest absolute Gasteiger partial charge is 0.324 e. The highest BCUT2D eigenvalue weighted by Crippen LogP contribution is 2.32. The van der Waals surface area contributed by atoms with Gasteiger partial charge in [0, 0.05) is 6.20 Å². The summed E-state index contributed by atoms with van der Waals surface area (Å²) in [6.45, 7) is 0. The number of nitrogens with one attached hydrogen (secondary N) is 1. The quantitative estimate of drug-likeness (QED) is 0.567. The first-order chi connectivity index (χ1) is 9.97. The summed E-state index contributed by atoms with van der Waals surface area (Å²) in [6, 6.07) is 6.42. The SMILES string of the molecule is O=C(CSc1ncccc1Cl)Nc1cc(Cl)c(Cl)cc1Cl. The van der Waals surface area contributed by atoms with Gasteiger partial charge in [-0.25, -0.2) is 4.98 Å². The lowest BCUT2D eigenvalue weighted by molar-refractivity contribution is -0.113. The van der Waals surface area contributed by atoms with Crippen molar-refractivity contribution in [3.63, 3.8) is 0 Å². The summed E-state index contributed by atoms with van der Waals surface area (Å²) >= 11 is 24.9. The minimum absolute atomic E-state index is 0.146. The monoisotopic (exact) mass is 380 g/mol. The van der Waals surface area contributed by atoms with Crippen molar-refractivity contribution in [1.29, 1.82) is 0 Å². The first-order valence-corrected chi connectivity index (χ1v) is 8.15. The lowest BCUT2D eigenvalue weighted by Crippen LogP contribution is -2.14. The van der Waals surface area contributed by atoms with E-state index < -0.39 is 0 Å². The van der Waals surface area contributed by atoms with E-state index in [1.807, 2.05) is 0 Å². The maximum atomic E-state index is 11.9. The van der Waals surface area contributed by atoms with Crippen molar-refractivity contribution in [2.75, 3.05) is 11.1 Å². The minimum Gasteiger partial charge on any atom is -0.324 e. The van der Waals surface area contributed by atoms with Crippen molar-refractivity contribution < 1.29 is 4.79 Å². The molecule has 0 saturated carbocycles. The van der Waals surface area contributed by atoms with Gasteiger partial charge in [-0.15, -0.1) is 0 Å². The number of carbonyl (C=O) groups is 1. The van der Waals surface area contributed by atoms with Crippen LogP contribution >= 0.6 is 58.2 Å². The molecule has 0 spiro atoms. The number of hydrogen-bond acceptors (Lipinski definition) is 3. The maximum absolute atomic E-state index is 11.9. The molecule has 0 aliphatic heterocycles. The van der Waals surface area contributed by atoms with Crippen LogP contribution in [0.5, 0.6) is 0 Å². The van der Waals surface area contributed by atoms with Gasteiger partial charge >= 0.3 is 0 Å². The van der Waals surface area contributed by atoms with E-state index in [0.717, 1.165) is 0 Å². The van der Waals surface area contributed by atoms with Crippen molar-refractivity contribution in [1.82, 2.24) is 4.98 Å². The molecular weight excluding hydrogens is 374 g/mol. The van der Waals surface area contributed by atoms with Gasteiger partial charge < -0.3 is 5.32 Å². The van der Waals surface area contributed by atoms with Gasteiger partial charge in [-0.05, 0) is 24.3 Å². The molecule has 0 aliphatic rings. The average Bonchev–Trinajstić information content (AvgIpc) is 2.44. The van der Waals surface area contributed by atoms with Crippen LogP contribution in [0.3, 0.4) is 0 Å². The molecule has 0 fully saturated rings. The van der Waals surface area contributed by atoms with Crippen LogP contribution in [0.15, 0.2) is 35.5 Å². The predicted molar refractivity (Wildman–Crippen MR) is 90.1 cm³/mol. The van der Waals surface area contributed by atoms with E-state index in [4.69, 9.17) is 46.4 Å². The third-order valence-corrected chi connectivity index (χ3v) is 4.81. The standard InChI is InChI=1S/C13H8Cl4N2OS/c14-7-2-1-3-18-13(7)21-6-12(20)19-11-5-9(16)8(15)4-10(11)17/h1-5H,6H2,(H,19,20). The van der Waals surface area contributed by atoms with E-state index >= 15 is 0 Å². The Morgan fingerprint density at radius 1 is 1.10 bits per heavy atom. The average molecular weight is 382 g/mol. The van der Waals surface area contributed by atoms with E-state index in [1.165, 1.54) is 23.9 Å². The number of halogens is 4. The summed E-state index contributed by atoms with van der Waals surface area (Å²) in [7, 11) is 0. The molecule has 8 heteroatoms. The zero-order valence-corrected chi connectivity index (χ0v) is 14.2. The van der Waals surface area contributed by atoms with Gasteiger partial charge in [-0.2, -0.15) is 0 Å². The van der Waals surface area contributed by atoms with Crippen molar-refractivity contribution in [2.45, 2.75) is 5.03 Å². The molecule has 21 heavy (non-hydrogen) atoms. The molecule has 0 saturated heterocycles. The van der Waals surface area contributed by atoms with Crippen LogP contribution < -0.4 is 5.32 Å². The summed E-state index contributed by atoms with van der Waals surface area (Å²) in [6.07, 6.45) is 1.61. The van der Waals surface area contributed by atoms with Crippen LogP contribution in [-0.4, -0.2) is 16.6 Å². The first-order valence-electron chi connectivity index (χ1n) is 5.65. The van der Waals surface area contributed by atoms with Crippen molar-refractivity contribution >= 4 is 69.8 Å². The molecule has 0 unspecified atom stereocenters. The number of rotatable bonds is 4. The highest BCUT2D eigenvalue weighted by atomic mass is 35.5. The molecule has 1 aromatic heterocycles. The molecule has 0 radical (unpaired) electrons. The fourth-order valence-electron chi connectivity index (χ4n) is 1.42. The second kappa shape index (κ2) is 7.56. The number of aromatic nitrogens is 1. The summed E-state index contributed by atoms with van der Waals surface area (Å²) < 4.78 is 0. The van der Waals surface area contributed by atoms with Gasteiger partial charge in [0.15, 0.2) is 0 Å². The van der Waals surface area contributed by atoms with Gasteiger partial charge in [0.2, 0.25) is 5.91 Å². The Kier molecular flexibility index (Phi) is 6.02. The number of hydrogen-bond donors (Lipinski definition) is 1. The zero-order valence-electron chi connectivity index (χ0n) is 10.4. The van der Waals surface area contributed by atoms with Crippen LogP contribution in [0.25, 0.3) is 0 Å². The van der Waals surface area contributed by atoms with Crippen LogP contribution in [0.2, 0.25) is 20.1 Å². The van der Waals surface area contributed by atoms with Crippen LogP contribution in [0.4, 0.5) is 5.69 Å². The molecule has 0 aliphatic carbocycles. The Morgan fingerprint density at radius 3 is 2.52 bits per heavy atom. The number of pyridine rings is 1. The molecular formula is C13H8Cl4N2OS. The zero-order chi connectivity index (χ0) is 15.4. The van der Waals surface area contributed by atoms with Crippen LogP contribution in [0, 0.1) is 0 Å². The Hall–Kier alpha value is -0.650. The Bertz CT molecular complexity index is 681. The van der Waals surface area contributed by atoms with E-state index in [0.29, 0.717) is 30.8 Å². The molecule has 110 valence electrons. The number of thioether (sulfide) groups is 1. The summed E-state index contributed by atoms with van der Waals surface area (Å²) in [4.78, 5) is 16.0. The summed E-state index contributed by atoms with van der Waals surface area (Å²) in [5, 5.41) is 4.72. The Morgan fingerprint density at radius 2 is 1.81 bits per heavy atom. The molecule has 1 aromatic carbocycles. The Balaban J connectivity index is 1.99. The fourth-order valence-corrected chi connectivity index (χ4v) is 2.98. The number of anilines is 1. The third-order valence-electron chi connectivity index (χ3n) is 2.35. The van der Waals surface area contributed by atoms with Gasteiger partial charge in [0.1, 0.15) is 5.03 Å². The molecule has 0 bridgehead atoms. The molecule has 3 nitrogen and oxygen atoms in total. The predicted octanol–water partition coefficient (Wildman–Crippen LogP) is 5.43. The molecule has 1 amide bonds. The van der Waals surface area contributed by atoms with Gasteiger partial charge in [-0.1, -0.05) is 58.2 Å². The van der Waals surface area contributed by atoms with E-state index in [9.17, 15) is 4.79 Å². The lowest BCUT2D eigenvalue weighted by atomic mass is 10.3. The molecule has 0 atom stereocenters. The van der Waals surface area contributed by atoms with Gasteiger partial charge in [0.05, 0.1) is 31.5 Å². The fraction of sp³-hybridized carbons (Fsp3) is 0.0769. The minimum atomic E-state index is -0.248. The van der Waals surface area contributed by atoms with Crippen molar-refractivity contribution in [2.24, 2.45) is 0 Å². The number of amides is 1. The summed E-state index contributed by atoms with van der Waals surface area (Å²) in [5.74, 6) is -0.102. The number of nitrogens with zero attached hydrogens (tertiary/aromatic N) is 1. The molecule has 2 aromatic rings. The summed E-state index contributed by atoms with van der Waals surface area (Å²) in [5.41, 5.74) is 0.406. The van der Waals surface area contributed by atoms with Crippen LogP contribution in [0.1, 0.15) is 0 Å². The van der Waals surface area contributed by atoms with Crippen molar-refractivity contribution in [3.05, 3.63) is 50.6 Å². The molecule has 1 heterocycles. The third kappa shape index (κ3) is 4.66. The maximum Gasteiger partial charge on any atom is 0.234 e. The Labute approximate surface area is 145 Å². The number of benzene rings is 1. The second-order valence-electron chi connectivity index (χ2n) is 3.87. The van der Waals surface area contributed by atoms with Crippen LogP contribution in [-0.2, 0) is 4.79 Å². The molecule has 1 N–H and O–H groups in total. The van der Waals surface area contributed by atoms with E-state index in [-0.39, 0.29) is 11.7 Å². The first kappa shape index (κ1) is 16.7. The van der Waals surface area contributed by atoms with E-state index in [2.05, 4.69) is 10.3 Å². The van der Waals surface area contributed by atoms with E-state index in [1.54, 1.807) is 18.3 Å². The lowest BCUT2D eigenvalue weighted by Gasteiger charge is -2.08. The second-order valence-corrected chi connectivity index (χ2v) is 6.47. The number of carbonyl (C=O) groups excluding carboxylic acids is 1. The van der Waals surface area contributed by atoms with Gasteiger partial charge in [0.25, 0.3) is 0 Å². The van der Waals surface area contributed by atoms with Crippen molar-refractivity contribution in [3.8, 4) is 0 Å². The highest BCUT2D eigenvalue weighted by molar-refractivity contribution is 8.00. The van der Waals surface area contributed by atoms with Gasteiger partial charge in [-0.3, -0.25) is 4.79 Å². The normalized spacial score (nSPS) is 10.5. The smallest absolute Gasteiger partial charge is 0.234 e.